The average Bonchev–Trinajstić information content (AvgIpc) is 2.46. The summed E-state index contributed by atoms with van der Waals surface area (Å²) in [6.07, 6.45) is 0. The Balaban J connectivity index is 2.14. The Labute approximate surface area is 125 Å². The van der Waals surface area contributed by atoms with E-state index >= 15 is 0 Å². The number of rotatable bonds is 1. The highest BCUT2D eigenvalue weighted by Crippen LogP contribution is 2.34. The zero-order valence-corrected chi connectivity index (χ0v) is 12.7. The second kappa shape index (κ2) is 4.92. The normalized spacial score (nSPS) is 11.8. The fraction of sp³-hybridized carbons (Fsp3) is 0.200. The van der Waals surface area contributed by atoms with Crippen molar-refractivity contribution >= 4 is 10.8 Å². The van der Waals surface area contributed by atoms with Gasteiger partial charge in [-0.25, -0.2) is 0 Å². The molecule has 0 atom stereocenters. The minimum absolute atomic E-state index is 0.0725. The fourth-order valence-electron chi connectivity index (χ4n) is 2.69. The molecule has 0 radical (unpaired) electrons. The first-order valence-corrected chi connectivity index (χ1v) is 7.28. The van der Waals surface area contributed by atoms with E-state index in [0.29, 0.717) is 5.75 Å². The first kappa shape index (κ1) is 13.7. The van der Waals surface area contributed by atoms with Crippen LogP contribution < -0.4 is 0 Å². The molecular formula is C20H20O. The van der Waals surface area contributed by atoms with Gasteiger partial charge < -0.3 is 5.11 Å². The molecule has 21 heavy (non-hydrogen) atoms. The average molecular weight is 276 g/mol. The van der Waals surface area contributed by atoms with E-state index in [1.54, 1.807) is 6.07 Å². The third-order valence-electron chi connectivity index (χ3n) is 3.89. The van der Waals surface area contributed by atoms with Crippen LogP contribution in [0.15, 0.2) is 60.7 Å². The van der Waals surface area contributed by atoms with Crippen molar-refractivity contribution in [3.05, 3.63) is 66.2 Å². The molecule has 0 aliphatic rings. The molecule has 0 unspecified atom stereocenters. The molecule has 0 aliphatic heterocycles. The molecule has 1 N–H and O–H groups in total. The summed E-state index contributed by atoms with van der Waals surface area (Å²) >= 11 is 0. The highest BCUT2D eigenvalue weighted by Gasteiger charge is 2.18. The van der Waals surface area contributed by atoms with Gasteiger partial charge in [0.15, 0.2) is 0 Å². The Morgan fingerprint density at radius 2 is 1.33 bits per heavy atom. The molecule has 0 saturated heterocycles. The van der Waals surface area contributed by atoms with E-state index in [0.717, 1.165) is 11.1 Å². The highest BCUT2D eigenvalue weighted by molar-refractivity contribution is 5.87. The van der Waals surface area contributed by atoms with Gasteiger partial charge in [-0.2, -0.15) is 0 Å². The maximum Gasteiger partial charge on any atom is 0.119 e. The largest absolute Gasteiger partial charge is 0.508 e. The van der Waals surface area contributed by atoms with Gasteiger partial charge in [-0.3, -0.25) is 0 Å². The van der Waals surface area contributed by atoms with Crippen LogP contribution in [0, 0.1) is 0 Å². The van der Waals surface area contributed by atoms with Crippen molar-refractivity contribution in [1.29, 1.82) is 0 Å². The maximum atomic E-state index is 10.1. The lowest BCUT2D eigenvalue weighted by Gasteiger charge is -2.21. The van der Waals surface area contributed by atoms with Gasteiger partial charge in [0.25, 0.3) is 0 Å². The Morgan fingerprint density at radius 1 is 0.714 bits per heavy atom. The Morgan fingerprint density at radius 3 is 2.05 bits per heavy atom. The Hall–Kier alpha value is -2.28. The van der Waals surface area contributed by atoms with Crippen molar-refractivity contribution in [3.8, 4) is 16.9 Å². The van der Waals surface area contributed by atoms with Gasteiger partial charge in [-0.1, -0.05) is 63.2 Å². The van der Waals surface area contributed by atoms with Crippen LogP contribution in [0.4, 0.5) is 0 Å². The SMILES string of the molecule is CC(C)(C)c1cc(-c2ccc3ccccc3c2)ccc1O. The molecule has 0 bridgehead atoms. The number of aromatic hydroxyl groups is 1. The lowest BCUT2D eigenvalue weighted by Crippen LogP contribution is -2.11. The lowest BCUT2D eigenvalue weighted by atomic mass is 9.84. The molecule has 0 saturated carbocycles. The van der Waals surface area contributed by atoms with Gasteiger partial charge in [-0.15, -0.1) is 0 Å². The number of phenolic OH excluding ortho intramolecular Hbond substituents is 1. The first-order chi connectivity index (χ1) is 9.95. The molecule has 3 rings (SSSR count). The number of fused-ring (bicyclic) bond motifs is 1. The maximum absolute atomic E-state index is 10.1. The molecule has 1 heteroatoms. The van der Waals surface area contributed by atoms with Gasteiger partial charge in [0.2, 0.25) is 0 Å². The van der Waals surface area contributed by atoms with E-state index in [-0.39, 0.29) is 5.41 Å². The van der Waals surface area contributed by atoms with Crippen LogP contribution in [0.5, 0.6) is 5.75 Å². The predicted molar refractivity (Wildman–Crippen MR) is 89.7 cm³/mol. The van der Waals surface area contributed by atoms with E-state index in [1.165, 1.54) is 16.3 Å². The van der Waals surface area contributed by atoms with Crippen molar-refractivity contribution in [2.75, 3.05) is 0 Å². The summed E-state index contributed by atoms with van der Waals surface area (Å²) < 4.78 is 0. The van der Waals surface area contributed by atoms with E-state index in [1.807, 2.05) is 6.07 Å². The predicted octanol–water partition coefficient (Wildman–Crippen LogP) is 5.51. The zero-order valence-electron chi connectivity index (χ0n) is 12.7. The third kappa shape index (κ3) is 2.64. The minimum atomic E-state index is -0.0725. The van der Waals surface area contributed by atoms with Gasteiger partial charge in [-0.05, 0) is 51.1 Å². The molecule has 106 valence electrons. The number of phenols is 1. The molecule has 0 aliphatic carbocycles. The lowest BCUT2D eigenvalue weighted by molar-refractivity contribution is 0.447. The van der Waals surface area contributed by atoms with E-state index in [4.69, 9.17) is 0 Å². The Kier molecular flexibility index (Phi) is 3.21. The van der Waals surface area contributed by atoms with Crippen molar-refractivity contribution in [2.24, 2.45) is 0 Å². The number of benzene rings is 3. The standard InChI is InChI=1S/C20H20O/c1-20(2,3)18-13-17(10-11-19(18)21)16-9-8-14-6-4-5-7-15(14)12-16/h4-13,21H,1-3H3. The van der Waals surface area contributed by atoms with Crippen LogP contribution >= 0.6 is 0 Å². The van der Waals surface area contributed by atoms with Crippen LogP contribution in [0.3, 0.4) is 0 Å². The molecule has 3 aromatic carbocycles. The monoisotopic (exact) mass is 276 g/mol. The fourth-order valence-corrected chi connectivity index (χ4v) is 2.69. The molecule has 0 aromatic heterocycles. The van der Waals surface area contributed by atoms with Crippen LogP contribution in [-0.4, -0.2) is 5.11 Å². The second-order valence-corrected chi connectivity index (χ2v) is 6.54. The topological polar surface area (TPSA) is 20.2 Å². The van der Waals surface area contributed by atoms with Gasteiger partial charge in [0, 0.05) is 0 Å². The summed E-state index contributed by atoms with van der Waals surface area (Å²) in [7, 11) is 0. The summed E-state index contributed by atoms with van der Waals surface area (Å²) in [5, 5.41) is 12.6. The van der Waals surface area contributed by atoms with Crippen molar-refractivity contribution in [3.63, 3.8) is 0 Å². The van der Waals surface area contributed by atoms with E-state index in [2.05, 4.69) is 69.3 Å². The van der Waals surface area contributed by atoms with Crippen LogP contribution in [-0.2, 0) is 5.41 Å². The van der Waals surface area contributed by atoms with Gasteiger partial charge in [0.1, 0.15) is 5.75 Å². The summed E-state index contributed by atoms with van der Waals surface area (Å²) in [6, 6.07) is 20.7. The summed E-state index contributed by atoms with van der Waals surface area (Å²) in [4.78, 5) is 0. The summed E-state index contributed by atoms with van der Waals surface area (Å²) in [5.74, 6) is 0.368. The van der Waals surface area contributed by atoms with E-state index < -0.39 is 0 Å². The quantitative estimate of drug-likeness (QED) is 0.621. The molecule has 3 aromatic rings. The van der Waals surface area contributed by atoms with Crippen molar-refractivity contribution < 1.29 is 5.11 Å². The van der Waals surface area contributed by atoms with E-state index in [9.17, 15) is 5.11 Å². The van der Waals surface area contributed by atoms with Gasteiger partial charge in [0.05, 0.1) is 0 Å². The third-order valence-corrected chi connectivity index (χ3v) is 3.89. The van der Waals surface area contributed by atoms with Crippen LogP contribution in [0.1, 0.15) is 26.3 Å². The van der Waals surface area contributed by atoms with Crippen LogP contribution in [0.2, 0.25) is 0 Å². The first-order valence-electron chi connectivity index (χ1n) is 7.28. The summed E-state index contributed by atoms with van der Waals surface area (Å²) in [6.45, 7) is 6.35. The number of hydrogen-bond acceptors (Lipinski definition) is 1. The Bertz CT molecular complexity index is 794. The summed E-state index contributed by atoms with van der Waals surface area (Å²) in [5.41, 5.74) is 3.23. The number of hydrogen-bond donors (Lipinski definition) is 1. The van der Waals surface area contributed by atoms with Crippen molar-refractivity contribution in [2.45, 2.75) is 26.2 Å². The molecule has 0 fully saturated rings. The molecule has 0 amide bonds. The molecular weight excluding hydrogens is 256 g/mol. The highest BCUT2D eigenvalue weighted by atomic mass is 16.3. The molecule has 0 spiro atoms. The van der Waals surface area contributed by atoms with Crippen molar-refractivity contribution in [1.82, 2.24) is 0 Å². The minimum Gasteiger partial charge on any atom is -0.508 e. The molecule has 0 heterocycles. The molecule has 1 nitrogen and oxygen atoms in total. The van der Waals surface area contributed by atoms with Crippen LogP contribution in [0.25, 0.3) is 21.9 Å². The second-order valence-electron chi connectivity index (χ2n) is 6.54. The van der Waals surface area contributed by atoms with Gasteiger partial charge >= 0.3 is 0 Å². The zero-order chi connectivity index (χ0) is 15.0. The smallest absolute Gasteiger partial charge is 0.119 e.